The second-order valence-corrected chi connectivity index (χ2v) is 4.73. The van der Waals surface area contributed by atoms with Crippen molar-refractivity contribution in [3.8, 4) is 0 Å². The SMILES string of the molecule is CCC(C)C(C)OC(CC)C(C)(C)[O]. The molecule has 0 fully saturated rings. The number of rotatable bonds is 6. The van der Waals surface area contributed by atoms with Crippen LogP contribution in [0, 0.1) is 5.92 Å². The Bertz CT molecular complexity index is 149. The Balaban J connectivity index is 4.19. The number of ether oxygens (including phenoxy) is 1. The van der Waals surface area contributed by atoms with Crippen molar-refractivity contribution in [2.24, 2.45) is 5.92 Å². The van der Waals surface area contributed by atoms with Crippen molar-refractivity contribution in [1.29, 1.82) is 0 Å². The highest BCUT2D eigenvalue weighted by Gasteiger charge is 2.30. The van der Waals surface area contributed by atoms with Crippen LogP contribution < -0.4 is 0 Å². The van der Waals surface area contributed by atoms with Crippen molar-refractivity contribution in [3.63, 3.8) is 0 Å². The summed E-state index contributed by atoms with van der Waals surface area (Å²) < 4.78 is 5.80. The van der Waals surface area contributed by atoms with Gasteiger partial charge in [-0.15, -0.1) is 0 Å². The quantitative estimate of drug-likeness (QED) is 0.647. The van der Waals surface area contributed by atoms with Crippen LogP contribution in [0.4, 0.5) is 0 Å². The predicted octanol–water partition coefficient (Wildman–Crippen LogP) is 3.43. The first-order chi connectivity index (χ1) is 6.32. The number of hydrogen-bond donors (Lipinski definition) is 0. The van der Waals surface area contributed by atoms with E-state index in [1.807, 2.05) is 6.92 Å². The molecule has 0 aromatic carbocycles. The number of hydrogen-bond acceptors (Lipinski definition) is 1. The zero-order valence-corrected chi connectivity index (χ0v) is 10.5. The summed E-state index contributed by atoms with van der Waals surface area (Å²) in [6.07, 6.45) is 1.89. The van der Waals surface area contributed by atoms with Crippen molar-refractivity contribution in [1.82, 2.24) is 0 Å². The van der Waals surface area contributed by atoms with Crippen LogP contribution in [0.1, 0.15) is 54.4 Å². The maximum Gasteiger partial charge on any atom is 0.124 e. The highest BCUT2D eigenvalue weighted by Crippen LogP contribution is 2.21. The first-order valence-electron chi connectivity index (χ1n) is 5.68. The van der Waals surface area contributed by atoms with Gasteiger partial charge >= 0.3 is 0 Å². The maximum absolute atomic E-state index is 11.8. The van der Waals surface area contributed by atoms with E-state index in [9.17, 15) is 5.11 Å². The van der Waals surface area contributed by atoms with Gasteiger partial charge in [0.05, 0.1) is 12.2 Å². The highest BCUT2D eigenvalue weighted by molar-refractivity contribution is 4.78. The molecule has 0 aromatic rings. The van der Waals surface area contributed by atoms with E-state index in [2.05, 4.69) is 20.8 Å². The van der Waals surface area contributed by atoms with Crippen LogP contribution >= 0.6 is 0 Å². The van der Waals surface area contributed by atoms with Crippen LogP contribution in [0.15, 0.2) is 0 Å². The van der Waals surface area contributed by atoms with Crippen LogP contribution in [-0.4, -0.2) is 17.8 Å². The third kappa shape index (κ3) is 4.43. The van der Waals surface area contributed by atoms with Gasteiger partial charge in [-0.25, -0.2) is 5.11 Å². The van der Waals surface area contributed by atoms with Crippen molar-refractivity contribution in [2.75, 3.05) is 0 Å². The molecule has 3 atom stereocenters. The normalized spacial score (nSPS) is 19.1. The van der Waals surface area contributed by atoms with Crippen molar-refractivity contribution < 1.29 is 9.84 Å². The zero-order valence-electron chi connectivity index (χ0n) is 10.5. The largest absolute Gasteiger partial charge is 0.372 e. The van der Waals surface area contributed by atoms with Gasteiger partial charge in [-0.05, 0) is 33.1 Å². The van der Waals surface area contributed by atoms with E-state index in [4.69, 9.17) is 4.74 Å². The van der Waals surface area contributed by atoms with E-state index in [0.29, 0.717) is 5.92 Å². The molecule has 14 heavy (non-hydrogen) atoms. The fourth-order valence-corrected chi connectivity index (χ4v) is 1.48. The standard InChI is InChI=1S/C12H25O2/c1-7-9(3)10(4)14-11(8-2)12(5,6)13/h9-11H,7-8H2,1-6H3. The van der Waals surface area contributed by atoms with Crippen LogP contribution in [0.3, 0.4) is 0 Å². The van der Waals surface area contributed by atoms with Crippen LogP contribution in [0.25, 0.3) is 0 Å². The predicted molar refractivity (Wildman–Crippen MR) is 58.8 cm³/mol. The van der Waals surface area contributed by atoms with Crippen molar-refractivity contribution in [3.05, 3.63) is 0 Å². The molecule has 0 aliphatic rings. The van der Waals surface area contributed by atoms with E-state index in [1.165, 1.54) is 0 Å². The van der Waals surface area contributed by atoms with Gasteiger partial charge in [-0.2, -0.15) is 0 Å². The molecule has 0 rings (SSSR count). The Morgan fingerprint density at radius 2 is 1.64 bits per heavy atom. The van der Waals surface area contributed by atoms with E-state index in [0.717, 1.165) is 12.8 Å². The van der Waals surface area contributed by atoms with E-state index < -0.39 is 5.60 Å². The fraction of sp³-hybridized carbons (Fsp3) is 1.00. The summed E-state index contributed by atoms with van der Waals surface area (Å²) in [5.74, 6) is 0.520. The summed E-state index contributed by atoms with van der Waals surface area (Å²) in [7, 11) is 0. The lowest BCUT2D eigenvalue weighted by molar-refractivity contribution is -0.152. The van der Waals surface area contributed by atoms with Crippen molar-refractivity contribution >= 4 is 0 Å². The van der Waals surface area contributed by atoms with E-state index in [-0.39, 0.29) is 12.2 Å². The van der Waals surface area contributed by atoms with Crippen molar-refractivity contribution in [2.45, 2.75) is 72.2 Å². The van der Waals surface area contributed by atoms with Gasteiger partial charge in [0.2, 0.25) is 0 Å². The second-order valence-electron chi connectivity index (χ2n) is 4.73. The molecule has 0 aliphatic heterocycles. The fourth-order valence-electron chi connectivity index (χ4n) is 1.48. The molecule has 0 aromatic heterocycles. The molecule has 0 heterocycles. The van der Waals surface area contributed by atoms with E-state index >= 15 is 0 Å². The van der Waals surface area contributed by atoms with Gasteiger partial charge in [0.25, 0.3) is 0 Å². The second kappa shape index (κ2) is 5.72. The molecular formula is C12H25O2. The molecule has 1 radical (unpaired) electrons. The molecule has 0 aliphatic carbocycles. The highest BCUT2D eigenvalue weighted by atomic mass is 16.5. The van der Waals surface area contributed by atoms with Gasteiger partial charge in [0.1, 0.15) is 5.60 Å². The Hall–Kier alpha value is -0.0800. The molecule has 0 spiro atoms. The van der Waals surface area contributed by atoms with Crippen LogP contribution in [0.2, 0.25) is 0 Å². The lowest BCUT2D eigenvalue weighted by Gasteiger charge is -2.31. The molecule has 85 valence electrons. The molecule has 0 N–H and O–H groups in total. The maximum atomic E-state index is 11.8. The molecular weight excluding hydrogens is 176 g/mol. The first-order valence-corrected chi connectivity index (χ1v) is 5.68. The molecule has 0 amide bonds. The minimum atomic E-state index is -0.990. The Morgan fingerprint density at radius 1 is 1.14 bits per heavy atom. The van der Waals surface area contributed by atoms with E-state index in [1.54, 1.807) is 13.8 Å². The Morgan fingerprint density at radius 3 is 1.93 bits per heavy atom. The summed E-state index contributed by atoms with van der Waals surface area (Å²) in [6.45, 7) is 11.8. The van der Waals surface area contributed by atoms with Gasteiger partial charge < -0.3 is 4.74 Å². The monoisotopic (exact) mass is 201 g/mol. The summed E-state index contributed by atoms with van der Waals surface area (Å²) in [4.78, 5) is 0. The van der Waals surface area contributed by atoms with Gasteiger partial charge in [0, 0.05) is 0 Å². The summed E-state index contributed by atoms with van der Waals surface area (Å²) >= 11 is 0. The van der Waals surface area contributed by atoms with Crippen LogP contribution in [0.5, 0.6) is 0 Å². The Labute approximate surface area is 88.7 Å². The smallest absolute Gasteiger partial charge is 0.124 e. The zero-order chi connectivity index (χ0) is 11.4. The van der Waals surface area contributed by atoms with Gasteiger partial charge in [-0.3, -0.25) is 0 Å². The molecule has 3 unspecified atom stereocenters. The summed E-state index contributed by atoms with van der Waals surface area (Å²) in [5.41, 5.74) is -0.990. The minimum absolute atomic E-state index is 0.175. The summed E-state index contributed by atoms with van der Waals surface area (Å²) in [5, 5.41) is 11.8. The molecule has 0 bridgehead atoms. The molecule has 2 heteroatoms. The average Bonchev–Trinajstić information content (AvgIpc) is 2.10. The minimum Gasteiger partial charge on any atom is -0.372 e. The third-order valence-corrected chi connectivity index (χ3v) is 2.97. The molecule has 0 saturated carbocycles. The Kier molecular flexibility index (Phi) is 5.68. The van der Waals surface area contributed by atoms with Crippen LogP contribution in [-0.2, 0) is 9.84 Å². The van der Waals surface area contributed by atoms with Gasteiger partial charge in [0.15, 0.2) is 0 Å². The molecule has 0 saturated heterocycles. The molecule has 2 nitrogen and oxygen atoms in total. The lowest BCUT2D eigenvalue weighted by Crippen LogP contribution is -2.39. The lowest BCUT2D eigenvalue weighted by atomic mass is 9.97. The average molecular weight is 201 g/mol. The first kappa shape index (κ1) is 13.9. The topological polar surface area (TPSA) is 29.1 Å². The summed E-state index contributed by atoms with van der Waals surface area (Å²) in [6, 6.07) is 0. The third-order valence-electron chi connectivity index (χ3n) is 2.97. The van der Waals surface area contributed by atoms with Gasteiger partial charge in [-0.1, -0.05) is 27.2 Å².